The zero-order chi connectivity index (χ0) is 56.3. The van der Waals surface area contributed by atoms with Crippen molar-refractivity contribution in [1.29, 1.82) is 0 Å². The number of amides is 4. The van der Waals surface area contributed by atoms with E-state index in [1.165, 1.54) is 4.90 Å². The van der Waals surface area contributed by atoms with Gasteiger partial charge in [-0.1, -0.05) is 151 Å². The Hall–Kier alpha value is -8.78. The minimum Gasteiger partial charge on any atom is -0.491 e. The Balaban J connectivity index is 1.04. The number of nitrogens with zero attached hydrogens (tertiary/aromatic N) is 5. The maximum atomic E-state index is 17.1. The molecule has 15 heteroatoms. The van der Waals surface area contributed by atoms with Gasteiger partial charge in [-0.05, 0) is 95.4 Å². The Bertz CT molecular complexity index is 3520. The third-order valence-electron chi connectivity index (χ3n) is 16.5. The van der Waals surface area contributed by atoms with E-state index in [0.717, 1.165) is 27.8 Å². The summed E-state index contributed by atoms with van der Waals surface area (Å²) in [6.45, 7) is 5.12. The first-order valence-electron chi connectivity index (χ1n) is 28.0. The maximum Gasteiger partial charge on any atom is 0.329 e. The molecule has 7 aromatic rings. The number of ether oxygens (including phenoxy) is 4. The first-order chi connectivity index (χ1) is 40.1. The van der Waals surface area contributed by atoms with Gasteiger partial charge in [0.15, 0.2) is 11.5 Å². The second-order valence-corrected chi connectivity index (χ2v) is 21.6. The third-order valence-corrected chi connectivity index (χ3v) is 16.5. The van der Waals surface area contributed by atoms with Crippen LogP contribution in [0.25, 0.3) is 0 Å². The lowest BCUT2D eigenvalue weighted by Crippen LogP contribution is -2.59. The van der Waals surface area contributed by atoms with Crippen LogP contribution in [0.4, 0.5) is 10.5 Å². The predicted molar refractivity (Wildman–Crippen MR) is 308 cm³/mol. The molecule has 0 aliphatic carbocycles. The lowest BCUT2D eigenvalue weighted by molar-refractivity contribution is -0.179. The number of carbonyl (C=O) groups is 4. The number of urea groups is 1. The Labute approximate surface area is 477 Å². The highest BCUT2D eigenvalue weighted by molar-refractivity contribution is 6.24. The molecule has 7 aromatic carbocycles. The molecule has 5 aliphatic heterocycles. The number of carbonyl (C=O) groups excluding carboxylic acids is 4. The average Bonchev–Trinajstić information content (AvgIpc) is 1.76. The summed E-state index contributed by atoms with van der Waals surface area (Å²) in [6.07, 6.45) is -0.903. The van der Waals surface area contributed by atoms with E-state index in [0.29, 0.717) is 66.7 Å². The maximum absolute atomic E-state index is 17.1. The molecule has 7 atom stereocenters. The highest BCUT2D eigenvalue weighted by Gasteiger charge is 2.76. The number of anilines is 1. The molecule has 4 amide bonds. The minimum absolute atomic E-state index is 0.0469. The van der Waals surface area contributed by atoms with Crippen molar-refractivity contribution in [3.05, 3.63) is 226 Å². The summed E-state index contributed by atoms with van der Waals surface area (Å²) in [5.74, 6) is 5.42. The van der Waals surface area contributed by atoms with Crippen molar-refractivity contribution in [1.82, 2.24) is 24.9 Å². The normalized spacial score (nSPS) is 22.3. The van der Waals surface area contributed by atoms with Gasteiger partial charge in [-0.2, -0.15) is 0 Å². The fraction of sp³-hybridized carbons (Fsp3) is 0.284. The van der Waals surface area contributed by atoms with Gasteiger partial charge in [0.25, 0.3) is 0 Å². The number of benzene rings is 7. The number of piperazine rings is 1. The SMILES string of the molecule is C[C@@H](NC(=O)N1C(=O)[C@@]2(c3cc(C#CCN(C)Cc4ccccc4)ccc31)[C@H](C(=O)N1CCN(Cc3ccc4c(c3)OCO4)CC1)[C@H]1C(=O)O[C@H](c3ccccc3)[C@H](c3ccccc3)N1[C@@H]2c1ccc(OCCO)cc1)c1ccccc1. The Morgan fingerprint density at radius 2 is 1.41 bits per heavy atom. The standard InChI is InChI=1S/C67H64N6O9/c1-45(49-19-9-4-10-20-49)68-66(78)72-55-31-25-46(18-15-33-69(2)42-47-16-7-3-8-17-47)40-54(55)67(65(72)77)58(63(75)71-36-34-70(35-37-71)43-48-26-32-56-57(41-48)81-44-80-56)60-64(76)82-61(51-23-13-6-14-24-51)59(50-21-11-5-12-22-50)73(60)62(67)52-27-29-53(30-28-52)79-39-38-74/h3-14,16-17,19-32,40-41,45,58-62,74H,33-39,42-44H2,1-2H3,(H,68,78)/t45-,58+,59+,60+,61-,62-,67+/m1/s1. The number of cyclic esters (lactones) is 1. The summed E-state index contributed by atoms with van der Waals surface area (Å²) >= 11 is 0. The van der Waals surface area contributed by atoms with Gasteiger partial charge in [0.2, 0.25) is 18.6 Å². The summed E-state index contributed by atoms with van der Waals surface area (Å²) in [7, 11) is 2.00. The van der Waals surface area contributed by atoms with Crippen LogP contribution in [-0.4, -0.2) is 114 Å². The largest absolute Gasteiger partial charge is 0.491 e. The topological polar surface area (TPSA) is 154 Å². The summed E-state index contributed by atoms with van der Waals surface area (Å²) < 4.78 is 24.0. The molecule has 0 saturated carbocycles. The molecule has 12 rings (SSSR count). The van der Waals surface area contributed by atoms with Crippen LogP contribution in [0.2, 0.25) is 0 Å². The Morgan fingerprint density at radius 3 is 2.12 bits per heavy atom. The molecule has 15 nitrogen and oxygen atoms in total. The Morgan fingerprint density at radius 1 is 0.744 bits per heavy atom. The van der Waals surface area contributed by atoms with Crippen molar-refractivity contribution in [2.24, 2.45) is 5.92 Å². The summed E-state index contributed by atoms with van der Waals surface area (Å²) in [4.78, 5) is 74.5. The van der Waals surface area contributed by atoms with Crippen molar-refractivity contribution < 1.29 is 43.2 Å². The number of aliphatic hydroxyl groups is 1. The quantitative estimate of drug-likeness (QED) is 0.0791. The number of imide groups is 1. The van der Waals surface area contributed by atoms with E-state index >= 15 is 19.2 Å². The average molecular weight is 1100 g/mol. The highest BCUT2D eigenvalue weighted by Crippen LogP contribution is 2.66. The van der Waals surface area contributed by atoms with Crippen LogP contribution in [0.3, 0.4) is 0 Å². The number of nitrogens with one attached hydrogen (secondary N) is 1. The van der Waals surface area contributed by atoms with Crippen LogP contribution in [-0.2, 0) is 37.6 Å². The summed E-state index contributed by atoms with van der Waals surface area (Å²) in [5.41, 5.74) is 4.34. The van der Waals surface area contributed by atoms with E-state index in [2.05, 4.69) is 39.1 Å². The van der Waals surface area contributed by atoms with Crippen molar-refractivity contribution in [2.45, 2.75) is 55.7 Å². The van der Waals surface area contributed by atoms with Crippen LogP contribution < -0.4 is 24.4 Å². The van der Waals surface area contributed by atoms with Crippen molar-refractivity contribution in [3.8, 4) is 29.1 Å². The molecule has 3 fully saturated rings. The minimum atomic E-state index is -1.99. The van der Waals surface area contributed by atoms with E-state index in [4.69, 9.17) is 18.9 Å². The van der Waals surface area contributed by atoms with Crippen molar-refractivity contribution >= 4 is 29.5 Å². The van der Waals surface area contributed by atoms with Gasteiger partial charge in [0, 0.05) is 44.8 Å². The summed E-state index contributed by atoms with van der Waals surface area (Å²) in [5, 5.41) is 12.9. The first-order valence-corrected chi connectivity index (χ1v) is 28.0. The van der Waals surface area contributed by atoms with E-state index in [9.17, 15) is 5.11 Å². The van der Waals surface area contributed by atoms with Crippen molar-refractivity contribution in [2.75, 3.05) is 64.7 Å². The molecule has 1 spiro atoms. The first kappa shape index (κ1) is 53.8. The molecule has 0 aromatic heterocycles. The van der Waals surface area contributed by atoms with Gasteiger partial charge < -0.3 is 34.3 Å². The molecule has 0 bridgehead atoms. The molecule has 416 valence electrons. The van der Waals surface area contributed by atoms with Gasteiger partial charge in [0.05, 0.1) is 42.9 Å². The molecular weight excluding hydrogens is 1030 g/mol. The second-order valence-electron chi connectivity index (χ2n) is 21.6. The third kappa shape index (κ3) is 10.2. The molecule has 2 N–H and O–H groups in total. The molecule has 3 saturated heterocycles. The summed E-state index contributed by atoms with van der Waals surface area (Å²) in [6, 6.07) is 53.1. The number of rotatable bonds is 14. The van der Waals surface area contributed by atoms with Crippen LogP contribution in [0.1, 0.15) is 75.7 Å². The van der Waals surface area contributed by atoms with Gasteiger partial charge in [-0.3, -0.25) is 29.1 Å². The van der Waals surface area contributed by atoms with E-state index in [1.54, 1.807) is 23.1 Å². The van der Waals surface area contributed by atoms with Gasteiger partial charge in [-0.25, -0.2) is 9.69 Å². The highest BCUT2D eigenvalue weighted by atomic mass is 16.7. The van der Waals surface area contributed by atoms with Crippen molar-refractivity contribution in [3.63, 3.8) is 0 Å². The number of hydrogen-bond acceptors (Lipinski definition) is 12. The smallest absolute Gasteiger partial charge is 0.329 e. The van der Waals surface area contributed by atoms with E-state index in [1.807, 2.05) is 171 Å². The van der Waals surface area contributed by atoms with Gasteiger partial charge in [-0.15, -0.1) is 0 Å². The van der Waals surface area contributed by atoms with Crippen LogP contribution in [0.5, 0.6) is 17.2 Å². The van der Waals surface area contributed by atoms with E-state index in [-0.39, 0.29) is 38.8 Å². The van der Waals surface area contributed by atoms with Crippen LogP contribution >= 0.6 is 0 Å². The van der Waals surface area contributed by atoms with Crippen LogP contribution in [0, 0.1) is 17.8 Å². The zero-order valence-corrected chi connectivity index (χ0v) is 45.8. The predicted octanol–water partition coefficient (Wildman–Crippen LogP) is 8.75. The molecule has 82 heavy (non-hydrogen) atoms. The number of fused-ring (bicyclic) bond motifs is 4. The number of morpholine rings is 1. The Kier molecular flexibility index (Phi) is 15.3. The zero-order valence-electron chi connectivity index (χ0n) is 45.8. The fourth-order valence-electron chi connectivity index (χ4n) is 12.8. The van der Waals surface area contributed by atoms with Gasteiger partial charge in [0.1, 0.15) is 29.9 Å². The molecule has 0 unspecified atom stereocenters. The number of esters is 1. The van der Waals surface area contributed by atoms with Crippen LogP contribution in [0.15, 0.2) is 182 Å². The number of hydrogen-bond donors (Lipinski definition) is 2. The van der Waals surface area contributed by atoms with Gasteiger partial charge >= 0.3 is 12.0 Å². The van der Waals surface area contributed by atoms with E-state index < -0.39 is 65.4 Å². The fourth-order valence-corrected chi connectivity index (χ4v) is 12.8. The molecule has 5 aliphatic rings. The monoisotopic (exact) mass is 1100 g/mol. The molecular formula is C67H64N6O9. The molecule has 5 heterocycles. The molecule has 0 radical (unpaired) electrons. The second kappa shape index (κ2) is 23.4. The lowest BCUT2D eigenvalue weighted by atomic mass is 9.64. The number of aliphatic hydroxyl groups excluding tert-OH is 1. The lowest BCUT2D eigenvalue weighted by Gasteiger charge is -2.46.